The van der Waals surface area contributed by atoms with Gasteiger partial charge in [-0.25, -0.2) is 0 Å². The molecule has 0 rings (SSSR count). The Bertz CT molecular complexity index is 1170. The number of hydrogen-bond acceptors (Lipinski definition) is 5. The van der Waals surface area contributed by atoms with E-state index in [-0.39, 0.29) is 18.5 Å². The molecule has 0 aliphatic heterocycles. The Kier molecular flexibility index (Phi) is 60.0. The Morgan fingerprint density at radius 1 is 0.389 bits per heavy atom. The maximum Gasteiger partial charge on any atom is 0.305 e. The summed E-state index contributed by atoms with van der Waals surface area (Å²) in [5, 5.41) is 23.2. The molecule has 424 valence electrons. The number of nitrogens with one attached hydrogen (secondary N) is 1. The van der Waals surface area contributed by atoms with Crippen molar-refractivity contribution in [3.63, 3.8) is 0 Å². The molecule has 3 N–H and O–H groups in total. The number of carbonyl (C=O) groups is 2. The van der Waals surface area contributed by atoms with Crippen molar-refractivity contribution in [2.24, 2.45) is 0 Å². The first-order chi connectivity index (χ1) is 35.5. The van der Waals surface area contributed by atoms with Crippen LogP contribution in [0.5, 0.6) is 0 Å². The molecule has 0 fully saturated rings. The summed E-state index contributed by atoms with van der Waals surface area (Å²) in [6, 6.07) is -0.646. The van der Waals surface area contributed by atoms with Crippen molar-refractivity contribution in [2.45, 2.75) is 360 Å². The van der Waals surface area contributed by atoms with Crippen molar-refractivity contribution in [1.29, 1.82) is 0 Å². The smallest absolute Gasteiger partial charge is 0.305 e. The molecule has 0 radical (unpaired) electrons. The second kappa shape index (κ2) is 61.6. The van der Waals surface area contributed by atoms with Crippen LogP contribution in [0.4, 0.5) is 0 Å². The molecule has 0 aromatic rings. The molecule has 0 aliphatic carbocycles. The highest BCUT2D eigenvalue weighted by Gasteiger charge is 2.18. The second-order valence-corrected chi connectivity index (χ2v) is 22.1. The zero-order chi connectivity index (χ0) is 52.2. The second-order valence-electron chi connectivity index (χ2n) is 22.1. The van der Waals surface area contributed by atoms with Crippen molar-refractivity contribution < 1.29 is 24.5 Å². The van der Waals surface area contributed by atoms with Crippen LogP contribution in [0, 0.1) is 0 Å². The molecular weight excluding hydrogens is 887 g/mol. The Morgan fingerprint density at radius 3 is 1.03 bits per heavy atom. The van der Waals surface area contributed by atoms with Crippen molar-refractivity contribution in [3.8, 4) is 0 Å². The van der Waals surface area contributed by atoms with Gasteiger partial charge in [-0.15, -0.1) is 0 Å². The Balaban J connectivity index is 3.52. The fraction of sp³-hybridized carbons (Fsp3) is 0.879. The summed E-state index contributed by atoms with van der Waals surface area (Å²) < 4.78 is 5.46. The van der Waals surface area contributed by atoms with E-state index in [0.29, 0.717) is 19.4 Å². The van der Waals surface area contributed by atoms with Crippen LogP contribution in [-0.2, 0) is 14.3 Å². The highest BCUT2D eigenvalue weighted by Crippen LogP contribution is 2.18. The van der Waals surface area contributed by atoms with Crippen molar-refractivity contribution in [2.75, 3.05) is 13.2 Å². The van der Waals surface area contributed by atoms with Gasteiger partial charge in [0.05, 0.1) is 25.4 Å². The third-order valence-corrected chi connectivity index (χ3v) is 14.9. The van der Waals surface area contributed by atoms with E-state index in [0.717, 1.165) is 77.0 Å². The van der Waals surface area contributed by atoms with Gasteiger partial charge in [-0.3, -0.25) is 9.59 Å². The first-order valence-corrected chi connectivity index (χ1v) is 32.3. The standard InChI is InChI=1S/C66H125NO5/c1-3-5-7-9-11-13-15-17-19-21-22-23-24-25-26-27-28-30-34-38-42-46-50-54-58-64(69)63(62-68)67-65(70)59-55-51-47-43-39-35-31-29-33-37-41-45-49-53-57-61-72-66(71)60-56-52-48-44-40-36-32-20-18-16-14-12-10-8-6-4-2/h29,33,37,41,54,58,63-64,68-69H,3-28,30-32,34-36,38-40,42-53,55-57,59-62H2,1-2H3,(H,67,70)/b33-29-,41-37-,58-54+. The fourth-order valence-electron chi connectivity index (χ4n) is 9.98. The van der Waals surface area contributed by atoms with Gasteiger partial charge in [0.2, 0.25) is 5.91 Å². The van der Waals surface area contributed by atoms with Gasteiger partial charge in [-0.2, -0.15) is 0 Å². The molecule has 0 aliphatic rings. The minimum Gasteiger partial charge on any atom is -0.466 e. The molecule has 0 aromatic carbocycles. The third kappa shape index (κ3) is 57.4. The number of aliphatic hydroxyl groups is 2. The normalized spacial score (nSPS) is 12.8. The van der Waals surface area contributed by atoms with Crippen LogP contribution in [0.15, 0.2) is 36.5 Å². The van der Waals surface area contributed by atoms with E-state index in [4.69, 9.17) is 4.74 Å². The number of esters is 1. The van der Waals surface area contributed by atoms with E-state index in [1.807, 2.05) is 6.08 Å². The number of amides is 1. The van der Waals surface area contributed by atoms with E-state index in [1.165, 1.54) is 244 Å². The third-order valence-electron chi connectivity index (χ3n) is 14.9. The highest BCUT2D eigenvalue weighted by atomic mass is 16.5. The maximum atomic E-state index is 12.5. The van der Waals surface area contributed by atoms with Gasteiger partial charge in [-0.05, 0) is 64.2 Å². The average molecular weight is 1010 g/mol. The number of unbranched alkanes of at least 4 members (excludes halogenated alkanes) is 46. The van der Waals surface area contributed by atoms with Crippen molar-refractivity contribution in [1.82, 2.24) is 5.32 Å². The summed E-state index contributed by atoms with van der Waals surface area (Å²) in [5.41, 5.74) is 0. The van der Waals surface area contributed by atoms with E-state index >= 15 is 0 Å². The van der Waals surface area contributed by atoms with Crippen LogP contribution in [-0.4, -0.2) is 47.4 Å². The van der Waals surface area contributed by atoms with Crippen LogP contribution in [0.25, 0.3) is 0 Å². The van der Waals surface area contributed by atoms with Gasteiger partial charge >= 0.3 is 5.97 Å². The van der Waals surface area contributed by atoms with Gasteiger partial charge in [0.15, 0.2) is 0 Å². The lowest BCUT2D eigenvalue weighted by molar-refractivity contribution is -0.143. The molecule has 2 unspecified atom stereocenters. The zero-order valence-corrected chi connectivity index (χ0v) is 48.4. The molecule has 0 heterocycles. The number of allylic oxidation sites excluding steroid dienone is 5. The van der Waals surface area contributed by atoms with Gasteiger partial charge < -0.3 is 20.3 Å². The van der Waals surface area contributed by atoms with E-state index in [1.54, 1.807) is 6.08 Å². The lowest BCUT2D eigenvalue weighted by Crippen LogP contribution is -2.45. The lowest BCUT2D eigenvalue weighted by atomic mass is 10.0. The number of hydrogen-bond donors (Lipinski definition) is 3. The molecule has 1 amide bonds. The minimum atomic E-state index is -0.860. The summed E-state index contributed by atoms with van der Waals surface area (Å²) in [7, 11) is 0. The van der Waals surface area contributed by atoms with Crippen LogP contribution in [0.2, 0.25) is 0 Å². The summed E-state index contributed by atoms with van der Waals surface area (Å²) in [6.45, 7) is 4.88. The summed E-state index contributed by atoms with van der Waals surface area (Å²) >= 11 is 0. The Hall–Kier alpha value is -1.92. The molecule has 0 spiro atoms. The van der Waals surface area contributed by atoms with Crippen molar-refractivity contribution >= 4 is 11.9 Å². The lowest BCUT2D eigenvalue weighted by Gasteiger charge is -2.20. The summed E-state index contributed by atoms with van der Waals surface area (Å²) in [4.78, 5) is 24.6. The van der Waals surface area contributed by atoms with E-state index < -0.39 is 12.1 Å². The number of rotatable bonds is 60. The molecule has 0 aromatic heterocycles. The first kappa shape index (κ1) is 70.1. The summed E-state index contributed by atoms with van der Waals surface area (Å²) in [6.07, 6.45) is 77.6. The molecule has 72 heavy (non-hydrogen) atoms. The molecule has 6 heteroatoms. The fourth-order valence-corrected chi connectivity index (χ4v) is 9.98. The Morgan fingerprint density at radius 2 is 0.681 bits per heavy atom. The topological polar surface area (TPSA) is 95.9 Å². The highest BCUT2D eigenvalue weighted by molar-refractivity contribution is 5.76. The van der Waals surface area contributed by atoms with Crippen LogP contribution < -0.4 is 5.32 Å². The molecule has 2 atom stereocenters. The van der Waals surface area contributed by atoms with Crippen LogP contribution in [0.1, 0.15) is 348 Å². The summed E-state index contributed by atoms with van der Waals surface area (Å²) in [5.74, 6) is -0.106. The number of aliphatic hydroxyl groups excluding tert-OH is 2. The van der Waals surface area contributed by atoms with Crippen molar-refractivity contribution in [3.05, 3.63) is 36.5 Å². The number of ether oxygens (including phenoxy) is 1. The van der Waals surface area contributed by atoms with Gasteiger partial charge in [0.1, 0.15) is 0 Å². The van der Waals surface area contributed by atoms with Gasteiger partial charge in [-0.1, -0.05) is 307 Å². The molecule has 6 nitrogen and oxygen atoms in total. The predicted molar refractivity (Wildman–Crippen MR) is 315 cm³/mol. The largest absolute Gasteiger partial charge is 0.466 e. The van der Waals surface area contributed by atoms with E-state index in [9.17, 15) is 19.8 Å². The van der Waals surface area contributed by atoms with Gasteiger partial charge in [0.25, 0.3) is 0 Å². The quantitative estimate of drug-likeness (QED) is 0.0244. The van der Waals surface area contributed by atoms with Crippen LogP contribution in [0.3, 0.4) is 0 Å². The molecule has 0 bridgehead atoms. The van der Waals surface area contributed by atoms with Crippen LogP contribution >= 0.6 is 0 Å². The first-order valence-electron chi connectivity index (χ1n) is 32.3. The zero-order valence-electron chi connectivity index (χ0n) is 48.4. The number of carbonyl (C=O) groups excluding carboxylic acids is 2. The van der Waals surface area contributed by atoms with Gasteiger partial charge in [0, 0.05) is 12.8 Å². The molecule has 0 saturated carbocycles. The maximum absolute atomic E-state index is 12.5. The van der Waals surface area contributed by atoms with E-state index in [2.05, 4.69) is 43.5 Å². The monoisotopic (exact) mass is 1010 g/mol. The SMILES string of the molecule is CCCCCCCCCCCCCCCCCCCCCCCC/C=C/C(O)C(CO)NC(=O)CCCCCCCC/C=C\C=C/CCCCCOC(=O)CCCCCCCCCCCCCCCCCC. The molecule has 0 saturated heterocycles. The minimum absolute atomic E-state index is 0.0188. The predicted octanol–water partition coefficient (Wildman–Crippen LogP) is 20.4. The molecular formula is C66H125NO5. The average Bonchev–Trinajstić information content (AvgIpc) is 3.38. The Labute approximate surface area is 449 Å².